The molecular formula is C22H19N3O4. The number of benzene rings is 3. The fourth-order valence-corrected chi connectivity index (χ4v) is 2.59. The summed E-state index contributed by atoms with van der Waals surface area (Å²) in [5, 5.41) is 13.5. The largest absolute Gasteiger partial charge is 0.483 e. The van der Waals surface area contributed by atoms with Crippen LogP contribution in [0.25, 0.3) is 0 Å². The Kier molecular flexibility index (Phi) is 6.32. The number of carbonyl (C=O) groups is 1. The number of aliphatic imine (C=N–C) groups is 1. The molecule has 0 aliphatic heterocycles. The average molecular weight is 389 g/mol. The highest BCUT2D eigenvalue weighted by atomic mass is 16.6. The van der Waals surface area contributed by atoms with Crippen molar-refractivity contribution in [3.63, 3.8) is 0 Å². The lowest BCUT2D eigenvalue weighted by Crippen LogP contribution is -2.20. The Morgan fingerprint density at radius 1 is 1.10 bits per heavy atom. The fraction of sp³-hybridized carbons (Fsp3) is 0.0909. The van der Waals surface area contributed by atoms with E-state index in [4.69, 9.17) is 4.74 Å². The molecule has 3 aromatic carbocycles. The van der Waals surface area contributed by atoms with E-state index in [-0.39, 0.29) is 18.2 Å². The number of carbonyl (C=O) groups excluding carboxylic acids is 1. The summed E-state index contributed by atoms with van der Waals surface area (Å²) < 4.78 is 5.65. The smallest absolute Gasteiger partial charge is 0.269 e. The second-order valence-corrected chi connectivity index (χ2v) is 6.28. The van der Waals surface area contributed by atoms with Crippen molar-refractivity contribution in [3.8, 4) is 5.75 Å². The van der Waals surface area contributed by atoms with Crippen molar-refractivity contribution in [2.75, 3.05) is 11.9 Å². The number of nitro groups is 1. The number of hydrogen-bond donors (Lipinski definition) is 1. The molecule has 0 aliphatic rings. The van der Waals surface area contributed by atoms with E-state index in [9.17, 15) is 14.9 Å². The average Bonchev–Trinajstić information content (AvgIpc) is 2.71. The maximum Gasteiger partial charge on any atom is 0.269 e. The van der Waals surface area contributed by atoms with Gasteiger partial charge in [0.1, 0.15) is 5.75 Å². The van der Waals surface area contributed by atoms with Crippen molar-refractivity contribution < 1.29 is 14.5 Å². The molecule has 0 radical (unpaired) electrons. The molecule has 0 aromatic heterocycles. The number of aryl methyl sites for hydroxylation is 1. The quantitative estimate of drug-likeness (QED) is 0.361. The zero-order valence-electron chi connectivity index (χ0n) is 15.7. The molecule has 1 amide bonds. The van der Waals surface area contributed by atoms with Crippen LogP contribution in [0.4, 0.5) is 17.1 Å². The number of para-hydroxylation sites is 1. The number of amides is 1. The first-order valence-corrected chi connectivity index (χ1v) is 8.88. The normalized spacial score (nSPS) is 10.7. The summed E-state index contributed by atoms with van der Waals surface area (Å²) in [7, 11) is 0. The van der Waals surface area contributed by atoms with Crippen molar-refractivity contribution in [2.24, 2.45) is 4.99 Å². The Morgan fingerprint density at radius 2 is 1.86 bits per heavy atom. The molecule has 3 aromatic rings. The van der Waals surface area contributed by atoms with E-state index in [1.807, 2.05) is 43.3 Å². The summed E-state index contributed by atoms with van der Waals surface area (Å²) in [4.78, 5) is 26.7. The molecule has 1 N–H and O–H groups in total. The number of nitro benzene ring substituents is 1. The Hall–Kier alpha value is -4.00. The summed E-state index contributed by atoms with van der Waals surface area (Å²) in [6.45, 7) is 1.81. The van der Waals surface area contributed by atoms with Crippen LogP contribution in [0.15, 0.2) is 77.8 Å². The lowest BCUT2D eigenvalue weighted by atomic mass is 10.2. The molecule has 7 heteroatoms. The first-order chi connectivity index (χ1) is 14.0. The van der Waals surface area contributed by atoms with Crippen LogP contribution < -0.4 is 10.1 Å². The summed E-state index contributed by atoms with van der Waals surface area (Å²) in [6.07, 6.45) is 1.59. The van der Waals surface area contributed by atoms with Gasteiger partial charge in [-0.05, 0) is 48.9 Å². The minimum Gasteiger partial charge on any atom is -0.483 e. The maximum absolute atomic E-state index is 12.1. The zero-order chi connectivity index (χ0) is 20.6. The molecule has 0 atom stereocenters. The van der Waals surface area contributed by atoms with Gasteiger partial charge in [0.25, 0.3) is 11.6 Å². The Bertz CT molecular complexity index is 1050. The number of nitrogens with one attached hydrogen (secondary N) is 1. The second-order valence-electron chi connectivity index (χ2n) is 6.28. The van der Waals surface area contributed by atoms with Crippen LogP contribution in [0.3, 0.4) is 0 Å². The van der Waals surface area contributed by atoms with Crippen molar-refractivity contribution in [3.05, 3.63) is 94.0 Å². The Balaban J connectivity index is 1.64. The standard InChI is InChI=1S/C22H19N3O4/c1-16-5-4-7-19(13-16)24-22(26)15-29-21-8-3-2-6-17(21)14-23-18-9-11-20(12-10-18)25(27)28/h2-14H,15H2,1H3,(H,24,26). The minimum absolute atomic E-state index is 0.00676. The predicted octanol–water partition coefficient (Wildman–Crippen LogP) is 4.67. The first kappa shape index (κ1) is 19.8. The topological polar surface area (TPSA) is 93.8 Å². The second kappa shape index (κ2) is 9.27. The van der Waals surface area contributed by atoms with Gasteiger partial charge in [-0.3, -0.25) is 19.9 Å². The molecule has 146 valence electrons. The van der Waals surface area contributed by atoms with Crippen LogP contribution >= 0.6 is 0 Å². The number of non-ortho nitro benzene ring substituents is 1. The van der Waals surface area contributed by atoms with Gasteiger partial charge in [0.05, 0.1) is 10.6 Å². The van der Waals surface area contributed by atoms with Crippen LogP contribution in [-0.2, 0) is 4.79 Å². The van der Waals surface area contributed by atoms with Crippen molar-refractivity contribution >= 4 is 29.2 Å². The summed E-state index contributed by atoms with van der Waals surface area (Å²) in [6, 6.07) is 20.6. The van der Waals surface area contributed by atoms with Gasteiger partial charge in [-0.25, -0.2) is 0 Å². The summed E-state index contributed by atoms with van der Waals surface area (Å²) >= 11 is 0. The van der Waals surface area contributed by atoms with Crippen LogP contribution in [0, 0.1) is 17.0 Å². The van der Waals surface area contributed by atoms with E-state index in [0.717, 1.165) is 5.56 Å². The summed E-state index contributed by atoms with van der Waals surface area (Å²) in [5.74, 6) is 0.246. The monoisotopic (exact) mass is 389 g/mol. The third kappa shape index (κ3) is 5.74. The van der Waals surface area contributed by atoms with Gasteiger partial charge in [0, 0.05) is 29.6 Å². The van der Waals surface area contributed by atoms with Crippen LogP contribution in [0.5, 0.6) is 5.75 Å². The molecule has 7 nitrogen and oxygen atoms in total. The van der Waals surface area contributed by atoms with Gasteiger partial charge >= 0.3 is 0 Å². The van der Waals surface area contributed by atoms with Gasteiger partial charge in [-0.15, -0.1) is 0 Å². The van der Waals surface area contributed by atoms with E-state index >= 15 is 0 Å². The molecule has 0 saturated heterocycles. The van der Waals surface area contributed by atoms with Gasteiger partial charge in [-0.1, -0.05) is 24.3 Å². The molecule has 0 spiro atoms. The predicted molar refractivity (Wildman–Crippen MR) is 112 cm³/mol. The van der Waals surface area contributed by atoms with Crippen LogP contribution in [0.2, 0.25) is 0 Å². The molecule has 29 heavy (non-hydrogen) atoms. The van der Waals surface area contributed by atoms with E-state index in [2.05, 4.69) is 10.3 Å². The highest BCUT2D eigenvalue weighted by molar-refractivity contribution is 5.92. The van der Waals surface area contributed by atoms with Gasteiger partial charge in [0.2, 0.25) is 0 Å². The van der Waals surface area contributed by atoms with Gasteiger partial charge in [0.15, 0.2) is 6.61 Å². The molecule has 0 aliphatic carbocycles. The third-order valence-electron chi connectivity index (χ3n) is 3.99. The minimum atomic E-state index is -0.460. The molecule has 3 rings (SSSR count). The number of anilines is 1. The highest BCUT2D eigenvalue weighted by Gasteiger charge is 2.07. The van der Waals surface area contributed by atoms with E-state index in [1.54, 1.807) is 30.5 Å². The van der Waals surface area contributed by atoms with Gasteiger partial charge in [-0.2, -0.15) is 0 Å². The molecule has 0 heterocycles. The SMILES string of the molecule is Cc1cccc(NC(=O)COc2ccccc2C=Nc2ccc([N+](=O)[O-])cc2)c1. The zero-order valence-corrected chi connectivity index (χ0v) is 15.7. The summed E-state index contributed by atoms with van der Waals surface area (Å²) in [5.41, 5.74) is 3.03. The highest BCUT2D eigenvalue weighted by Crippen LogP contribution is 2.20. The first-order valence-electron chi connectivity index (χ1n) is 8.88. The van der Waals surface area contributed by atoms with Crippen molar-refractivity contribution in [1.82, 2.24) is 0 Å². The van der Waals surface area contributed by atoms with Crippen molar-refractivity contribution in [1.29, 1.82) is 0 Å². The lowest BCUT2D eigenvalue weighted by Gasteiger charge is -2.10. The van der Waals surface area contributed by atoms with E-state index < -0.39 is 4.92 Å². The molecule has 0 unspecified atom stereocenters. The third-order valence-corrected chi connectivity index (χ3v) is 3.99. The molecular weight excluding hydrogens is 370 g/mol. The maximum atomic E-state index is 12.1. The number of ether oxygens (including phenoxy) is 1. The molecule has 0 bridgehead atoms. The lowest BCUT2D eigenvalue weighted by molar-refractivity contribution is -0.384. The van der Waals surface area contributed by atoms with Gasteiger partial charge < -0.3 is 10.1 Å². The Labute approximate surface area is 167 Å². The van der Waals surface area contributed by atoms with Crippen molar-refractivity contribution in [2.45, 2.75) is 6.92 Å². The number of rotatable bonds is 7. The number of hydrogen-bond acceptors (Lipinski definition) is 5. The Morgan fingerprint density at radius 3 is 2.59 bits per heavy atom. The van der Waals surface area contributed by atoms with E-state index in [0.29, 0.717) is 22.7 Å². The number of nitrogens with zero attached hydrogens (tertiary/aromatic N) is 2. The van der Waals surface area contributed by atoms with E-state index in [1.165, 1.54) is 12.1 Å². The molecule has 0 fully saturated rings. The van der Waals surface area contributed by atoms with Crippen LogP contribution in [0.1, 0.15) is 11.1 Å². The van der Waals surface area contributed by atoms with Crippen LogP contribution in [-0.4, -0.2) is 23.7 Å². The molecule has 0 saturated carbocycles. The fourth-order valence-electron chi connectivity index (χ4n) is 2.59.